The third kappa shape index (κ3) is 5.24. The van der Waals surface area contributed by atoms with E-state index in [0.29, 0.717) is 0 Å². The van der Waals surface area contributed by atoms with Gasteiger partial charge in [-0.15, -0.1) is 0 Å². The second kappa shape index (κ2) is 7.84. The summed E-state index contributed by atoms with van der Waals surface area (Å²) < 4.78 is 5.18. The summed E-state index contributed by atoms with van der Waals surface area (Å²) in [6, 6.07) is 17.2. The number of aryl methyl sites for hydroxylation is 2. The number of rotatable bonds is 7. The topological polar surface area (TPSA) is 12.5 Å². The van der Waals surface area contributed by atoms with Gasteiger partial charge in [0.2, 0.25) is 0 Å². The Morgan fingerprint density at radius 1 is 0.905 bits per heavy atom. The van der Waals surface area contributed by atoms with Crippen molar-refractivity contribution < 1.29 is 4.74 Å². The van der Waals surface area contributed by atoms with Crippen molar-refractivity contribution in [3.05, 3.63) is 65.2 Å². The summed E-state index contributed by atoms with van der Waals surface area (Å²) in [4.78, 5) is 2.38. The highest BCUT2D eigenvalue weighted by Gasteiger charge is 2.01. The fourth-order valence-electron chi connectivity index (χ4n) is 2.43. The van der Waals surface area contributed by atoms with Crippen LogP contribution >= 0.6 is 0 Å². The molecule has 0 bridgehead atoms. The maximum Gasteiger partial charge on any atom is 0.118 e. The van der Waals surface area contributed by atoms with Gasteiger partial charge in [-0.3, -0.25) is 0 Å². The quantitative estimate of drug-likeness (QED) is 0.759. The predicted molar refractivity (Wildman–Crippen MR) is 88.8 cm³/mol. The molecule has 2 rings (SSSR count). The zero-order chi connectivity index (χ0) is 15.1. The van der Waals surface area contributed by atoms with Crippen molar-refractivity contribution >= 4 is 0 Å². The second-order valence-electron chi connectivity index (χ2n) is 5.68. The van der Waals surface area contributed by atoms with Crippen LogP contribution in [0.1, 0.15) is 23.1 Å². The van der Waals surface area contributed by atoms with Gasteiger partial charge in [0.1, 0.15) is 5.75 Å². The van der Waals surface area contributed by atoms with Crippen molar-refractivity contribution in [2.24, 2.45) is 0 Å². The zero-order valence-electron chi connectivity index (χ0n) is 13.3. The largest absolute Gasteiger partial charge is 0.497 e. The Labute approximate surface area is 128 Å². The van der Waals surface area contributed by atoms with Gasteiger partial charge in [-0.05, 0) is 56.6 Å². The summed E-state index contributed by atoms with van der Waals surface area (Å²) >= 11 is 0. The Kier molecular flexibility index (Phi) is 5.82. The van der Waals surface area contributed by atoms with Gasteiger partial charge in [0.15, 0.2) is 0 Å². The molecule has 2 heteroatoms. The van der Waals surface area contributed by atoms with E-state index in [0.717, 1.165) is 25.3 Å². The first kappa shape index (κ1) is 15.6. The van der Waals surface area contributed by atoms with Crippen molar-refractivity contribution in [2.75, 3.05) is 20.7 Å². The van der Waals surface area contributed by atoms with Gasteiger partial charge in [0, 0.05) is 6.54 Å². The van der Waals surface area contributed by atoms with Gasteiger partial charge >= 0.3 is 0 Å². The maximum absolute atomic E-state index is 5.18. The molecule has 0 N–H and O–H groups in total. The van der Waals surface area contributed by atoms with Crippen LogP contribution in [0.15, 0.2) is 48.5 Å². The molecule has 0 aliphatic carbocycles. The van der Waals surface area contributed by atoms with E-state index in [9.17, 15) is 0 Å². The Morgan fingerprint density at radius 2 is 1.52 bits per heavy atom. The maximum atomic E-state index is 5.18. The number of hydrogen-bond acceptors (Lipinski definition) is 2. The van der Waals surface area contributed by atoms with E-state index in [-0.39, 0.29) is 0 Å². The molecular weight excluding hydrogens is 258 g/mol. The van der Waals surface area contributed by atoms with E-state index in [2.05, 4.69) is 55.3 Å². The first-order chi connectivity index (χ1) is 10.2. The standard InChI is InChI=1S/C19H25NO/c1-16-6-8-18(9-7-16)15-20(2)14-4-5-17-10-12-19(21-3)13-11-17/h6-13H,4-5,14-15H2,1-3H3. The van der Waals surface area contributed by atoms with E-state index in [1.165, 1.54) is 23.1 Å². The van der Waals surface area contributed by atoms with Gasteiger partial charge < -0.3 is 9.64 Å². The van der Waals surface area contributed by atoms with E-state index >= 15 is 0 Å². The molecule has 0 aliphatic heterocycles. The zero-order valence-corrected chi connectivity index (χ0v) is 13.3. The molecule has 2 aromatic rings. The Morgan fingerprint density at radius 3 is 2.14 bits per heavy atom. The summed E-state index contributed by atoms with van der Waals surface area (Å²) in [5, 5.41) is 0. The molecule has 0 amide bonds. The van der Waals surface area contributed by atoms with Crippen molar-refractivity contribution in [2.45, 2.75) is 26.3 Å². The van der Waals surface area contributed by atoms with Crippen molar-refractivity contribution in [3.8, 4) is 5.75 Å². The minimum absolute atomic E-state index is 0.926. The summed E-state index contributed by atoms with van der Waals surface area (Å²) in [6.07, 6.45) is 2.29. The van der Waals surface area contributed by atoms with Crippen LogP contribution in [0.4, 0.5) is 0 Å². The highest BCUT2D eigenvalue weighted by atomic mass is 16.5. The van der Waals surface area contributed by atoms with E-state index in [1.54, 1.807) is 7.11 Å². The van der Waals surface area contributed by atoms with Crippen molar-refractivity contribution in [1.82, 2.24) is 4.90 Å². The lowest BCUT2D eigenvalue weighted by molar-refractivity contribution is 0.322. The average Bonchev–Trinajstić information content (AvgIpc) is 2.50. The van der Waals surface area contributed by atoms with Gasteiger partial charge in [-0.2, -0.15) is 0 Å². The molecule has 0 radical (unpaired) electrons. The molecule has 0 atom stereocenters. The smallest absolute Gasteiger partial charge is 0.118 e. The Hall–Kier alpha value is -1.80. The molecule has 21 heavy (non-hydrogen) atoms. The van der Waals surface area contributed by atoms with Crippen LogP contribution in [0.3, 0.4) is 0 Å². The molecule has 0 saturated heterocycles. The van der Waals surface area contributed by atoms with Crippen LogP contribution in [-0.2, 0) is 13.0 Å². The monoisotopic (exact) mass is 283 g/mol. The first-order valence-electron chi connectivity index (χ1n) is 7.54. The van der Waals surface area contributed by atoms with Crippen LogP contribution in [0.25, 0.3) is 0 Å². The molecule has 2 nitrogen and oxygen atoms in total. The van der Waals surface area contributed by atoms with Crippen LogP contribution in [0.2, 0.25) is 0 Å². The first-order valence-corrected chi connectivity index (χ1v) is 7.54. The fraction of sp³-hybridized carbons (Fsp3) is 0.368. The summed E-state index contributed by atoms with van der Waals surface area (Å²) in [6.45, 7) is 4.26. The van der Waals surface area contributed by atoms with Gasteiger partial charge in [-0.25, -0.2) is 0 Å². The van der Waals surface area contributed by atoms with Gasteiger partial charge in [-0.1, -0.05) is 42.0 Å². The second-order valence-corrected chi connectivity index (χ2v) is 5.68. The van der Waals surface area contributed by atoms with Gasteiger partial charge in [0.25, 0.3) is 0 Å². The summed E-state index contributed by atoms with van der Waals surface area (Å²) in [5.74, 6) is 0.926. The summed E-state index contributed by atoms with van der Waals surface area (Å²) in [5.41, 5.74) is 4.08. The highest BCUT2D eigenvalue weighted by Crippen LogP contribution is 2.13. The number of hydrogen-bond donors (Lipinski definition) is 0. The number of ether oxygens (including phenoxy) is 1. The van der Waals surface area contributed by atoms with Crippen molar-refractivity contribution in [3.63, 3.8) is 0 Å². The minimum Gasteiger partial charge on any atom is -0.497 e. The molecule has 0 spiro atoms. The molecule has 112 valence electrons. The Balaban J connectivity index is 1.73. The third-order valence-corrected chi connectivity index (χ3v) is 3.74. The molecule has 0 aliphatic rings. The lowest BCUT2D eigenvalue weighted by Gasteiger charge is -2.16. The molecule has 0 aromatic heterocycles. The SMILES string of the molecule is COc1ccc(CCCN(C)Cc2ccc(C)cc2)cc1. The predicted octanol–water partition coefficient (Wildman–Crippen LogP) is 4.07. The van der Waals surface area contributed by atoms with Crippen LogP contribution in [-0.4, -0.2) is 25.6 Å². The van der Waals surface area contributed by atoms with Gasteiger partial charge in [0.05, 0.1) is 7.11 Å². The average molecular weight is 283 g/mol. The third-order valence-electron chi connectivity index (χ3n) is 3.74. The molecule has 0 heterocycles. The molecular formula is C19H25NO. The normalized spacial score (nSPS) is 10.9. The lowest BCUT2D eigenvalue weighted by Crippen LogP contribution is -2.19. The Bertz CT molecular complexity index is 530. The van der Waals surface area contributed by atoms with Crippen molar-refractivity contribution in [1.29, 1.82) is 0 Å². The molecule has 0 unspecified atom stereocenters. The lowest BCUT2D eigenvalue weighted by atomic mass is 10.1. The van der Waals surface area contributed by atoms with E-state index in [1.807, 2.05) is 12.1 Å². The fourth-order valence-corrected chi connectivity index (χ4v) is 2.43. The molecule has 0 fully saturated rings. The van der Waals surface area contributed by atoms with Crippen LogP contribution < -0.4 is 4.74 Å². The highest BCUT2D eigenvalue weighted by molar-refractivity contribution is 5.27. The molecule has 2 aromatic carbocycles. The van der Waals surface area contributed by atoms with Crippen LogP contribution in [0.5, 0.6) is 5.75 Å². The number of benzene rings is 2. The number of nitrogens with zero attached hydrogens (tertiary/aromatic N) is 1. The van der Waals surface area contributed by atoms with E-state index < -0.39 is 0 Å². The number of methoxy groups -OCH3 is 1. The van der Waals surface area contributed by atoms with E-state index in [4.69, 9.17) is 4.74 Å². The summed E-state index contributed by atoms with van der Waals surface area (Å²) in [7, 11) is 3.89. The van der Waals surface area contributed by atoms with Crippen LogP contribution in [0, 0.1) is 6.92 Å². The molecule has 0 saturated carbocycles. The minimum atomic E-state index is 0.926.